The van der Waals surface area contributed by atoms with E-state index in [1.807, 2.05) is 12.1 Å². The fourth-order valence-corrected chi connectivity index (χ4v) is 1.32. The van der Waals surface area contributed by atoms with Crippen LogP contribution < -0.4 is 0 Å². The molecular formula is C12H19NO. The lowest BCUT2D eigenvalue weighted by atomic mass is 9.88. The topological polar surface area (TPSA) is 33.1 Å². The Morgan fingerprint density at radius 1 is 1.29 bits per heavy atom. The van der Waals surface area contributed by atoms with Crippen molar-refractivity contribution in [1.82, 2.24) is 4.98 Å². The van der Waals surface area contributed by atoms with Crippen LogP contribution in [-0.2, 0) is 0 Å². The first-order valence-corrected chi connectivity index (χ1v) is 5.07. The van der Waals surface area contributed by atoms with Gasteiger partial charge in [-0.1, -0.05) is 20.8 Å². The van der Waals surface area contributed by atoms with Gasteiger partial charge in [0.1, 0.15) is 0 Å². The predicted molar refractivity (Wildman–Crippen MR) is 57.9 cm³/mol. The number of hydrogen-bond acceptors (Lipinski definition) is 2. The van der Waals surface area contributed by atoms with Crippen LogP contribution in [0.1, 0.15) is 45.3 Å². The highest BCUT2D eigenvalue weighted by molar-refractivity contribution is 5.12. The summed E-state index contributed by atoms with van der Waals surface area (Å²) in [7, 11) is 0. The molecule has 1 unspecified atom stereocenters. The SMILES string of the molecule is CC(C)(C)CCC(O)c1ccncc1. The molecule has 2 nitrogen and oxygen atoms in total. The van der Waals surface area contributed by atoms with Crippen LogP contribution in [-0.4, -0.2) is 10.1 Å². The van der Waals surface area contributed by atoms with Gasteiger partial charge >= 0.3 is 0 Å². The molecule has 1 aromatic rings. The van der Waals surface area contributed by atoms with Gasteiger partial charge in [0.2, 0.25) is 0 Å². The van der Waals surface area contributed by atoms with E-state index in [0.29, 0.717) is 0 Å². The highest BCUT2D eigenvalue weighted by atomic mass is 16.3. The summed E-state index contributed by atoms with van der Waals surface area (Å²) in [4.78, 5) is 3.93. The van der Waals surface area contributed by atoms with Crippen LogP contribution in [0.3, 0.4) is 0 Å². The summed E-state index contributed by atoms with van der Waals surface area (Å²) in [6.07, 6.45) is 4.92. The Kier molecular flexibility index (Phi) is 3.64. The van der Waals surface area contributed by atoms with E-state index in [9.17, 15) is 5.11 Å². The van der Waals surface area contributed by atoms with Gasteiger partial charge in [-0.25, -0.2) is 0 Å². The molecule has 0 saturated heterocycles. The van der Waals surface area contributed by atoms with Crippen molar-refractivity contribution in [3.8, 4) is 0 Å². The van der Waals surface area contributed by atoms with E-state index in [1.165, 1.54) is 0 Å². The summed E-state index contributed by atoms with van der Waals surface area (Å²) >= 11 is 0. The standard InChI is InChI=1S/C12H19NO/c1-12(2,3)7-4-11(14)10-5-8-13-9-6-10/h5-6,8-9,11,14H,4,7H2,1-3H3. The molecule has 0 aliphatic carbocycles. The number of pyridine rings is 1. The lowest BCUT2D eigenvalue weighted by Gasteiger charge is -2.20. The van der Waals surface area contributed by atoms with E-state index in [2.05, 4.69) is 25.8 Å². The lowest BCUT2D eigenvalue weighted by Crippen LogP contribution is -2.08. The molecule has 0 aliphatic heterocycles. The molecule has 78 valence electrons. The summed E-state index contributed by atoms with van der Waals surface area (Å²) in [5.74, 6) is 0. The van der Waals surface area contributed by atoms with Crippen molar-refractivity contribution in [2.75, 3.05) is 0 Å². The van der Waals surface area contributed by atoms with Crippen LogP contribution in [0.25, 0.3) is 0 Å². The van der Waals surface area contributed by atoms with Crippen LogP contribution in [0.5, 0.6) is 0 Å². The Balaban J connectivity index is 2.48. The fraction of sp³-hybridized carbons (Fsp3) is 0.583. The van der Waals surface area contributed by atoms with Crippen LogP contribution in [0.2, 0.25) is 0 Å². The average Bonchev–Trinajstić information content (AvgIpc) is 2.14. The Morgan fingerprint density at radius 2 is 1.86 bits per heavy atom. The second kappa shape index (κ2) is 4.56. The van der Waals surface area contributed by atoms with Crippen molar-refractivity contribution in [2.45, 2.75) is 39.7 Å². The van der Waals surface area contributed by atoms with Crippen LogP contribution in [0.15, 0.2) is 24.5 Å². The van der Waals surface area contributed by atoms with E-state index in [-0.39, 0.29) is 11.5 Å². The van der Waals surface area contributed by atoms with Gasteiger partial charge in [0.05, 0.1) is 6.10 Å². The number of rotatable bonds is 3. The maximum atomic E-state index is 9.86. The third-order valence-corrected chi connectivity index (χ3v) is 2.26. The molecule has 1 N–H and O–H groups in total. The van der Waals surface area contributed by atoms with Gasteiger partial charge in [0.25, 0.3) is 0 Å². The van der Waals surface area contributed by atoms with Gasteiger partial charge in [-0.15, -0.1) is 0 Å². The van der Waals surface area contributed by atoms with E-state index in [4.69, 9.17) is 0 Å². The van der Waals surface area contributed by atoms with Crippen molar-refractivity contribution in [2.24, 2.45) is 5.41 Å². The summed E-state index contributed by atoms with van der Waals surface area (Å²) in [6.45, 7) is 6.56. The zero-order valence-corrected chi connectivity index (χ0v) is 9.20. The predicted octanol–water partition coefficient (Wildman–Crippen LogP) is 2.94. The molecule has 0 aliphatic rings. The largest absolute Gasteiger partial charge is 0.388 e. The normalized spacial score (nSPS) is 14.0. The first-order chi connectivity index (χ1) is 6.49. The van der Waals surface area contributed by atoms with Crippen molar-refractivity contribution in [1.29, 1.82) is 0 Å². The highest BCUT2D eigenvalue weighted by Gasteiger charge is 2.14. The zero-order chi connectivity index (χ0) is 10.6. The molecule has 1 atom stereocenters. The van der Waals surface area contributed by atoms with Crippen molar-refractivity contribution in [3.63, 3.8) is 0 Å². The second-order valence-electron chi connectivity index (χ2n) is 4.90. The second-order valence-corrected chi connectivity index (χ2v) is 4.90. The molecule has 0 spiro atoms. The highest BCUT2D eigenvalue weighted by Crippen LogP contribution is 2.26. The molecule has 0 amide bonds. The van der Waals surface area contributed by atoms with Crippen LogP contribution >= 0.6 is 0 Å². The fourth-order valence-electron chi connectivity index (χ4n) is 1.32. The number of nitrogens with zero attached hydrogens (tertiary/aromatic N) is 1. The molecule has 1 heterocycles. The molecule has 1 aromatic heterocycles. The van der Waals surface area contributed by atoms with Crippen LogP contribution in [0, 0.1) is 5.41 Å². The van der Waals surface area contributed by atoms with Crippen molar-refractivity contribution < 1.29 is 5.11 Å². The van der Waals surface area contributed by atoms with Gasteiger partial charge in [-0.05, 0) is 36.0 Å². The van der Waals surface area contributed by atoms with E-state index >= 15 is 0 Å². The molecule has 0 radical (unpaired) electrons. The summed E-state index contributed by atoms with van der Waals surface area (Å²) in [6, 6.07) is 3.74. The molecule has 2 heteroatoms. The summed E-state index contributed by atoms with van der Waals surface area (Å²) in [5.41, 5.74) is 1.25. The van der Waals surface area contributed by atoms with Crippen molar-refractivity contribution in [3.05, 3.63) is 30.1 Å². The molecule has 0 saturated carbocycles. The average molecular weight is 193 g/mol. The Hall–Kier alpha value is -0.890. The number of aromatic nitrogens is 1. The molecule has 14 heavy (non-hydrogen) atoms. The minimum atomic E-state index is -0.350. The molecule has 1 rings (SSSR count). The van der Waals surface area contributed by atoms with Gasteiger partial charge in [0.15, 0.2) is 0 Å². The first-order valence-electron chi connectivity index (χ1n) is 5.07. The smallest absolute Gasteiger partial charge is 0.0791 e. The third kappa shape index (κ3) is 3.88. The minimum Gasteiger partial charge on any atom is -0.388 e. The third-order valence-electron chi connectivity index (χ3n) is 2.26. The van der Waals surface area contributed by atoms with E-state index < -0.39 is 0 Å². The van der Waals surface area contributed by atoms with E-state index in [1.54, 1.807) is 12.4 Å². The maximum absolute atomic E-state index is 9.86. The monoisotopic (exact) mass is 193 g/mol. The molecule has 0 fully saturated rings. The quantitative estimate of drug-likeness (QED) is 0.800. The van der Waals surface area contributed by atoms with E-state index in [0.717, 1.165) is 18.4 Å². The number of hydrogen-bond donors (Lipinski definition) is 1. The van der Waals surface area contributed by atoms with Crippen molar-refractivity contribution >= 4 is 0 Å². The number of aliphatic hydroxyl groups excluding tert-OH is 1. The minimum absolute atomic E-state index is 0.286. The Bertz CT molecular complexity index is 263. The maximum Gasteiger partial charge on any atom is 0.0791 e. The number of aliphatic hydroxyl groups is 1. The summed E-state index contributed by atoms with van der Waals surface area (Å²) in [5, 5.41) is 9.86. The first kappa shape index (κ1) is 11.2. The Labute approximate surface area is 86.0 Å². The van der Waals surface area contributed by atoms with Gasteiger partial charge in [-0.3, -0.25) is 4.98 Å². The van der Waals surface area contributed by atoms with Gasteiger partial charge in [-0.2, -0.15) is 0 Å². The molecular weight excluding hydrogens is 174 g/mol. The van der Waals surface area contributed by atoms with Gasteiger partial charge < -0.3 is 5.11 Å². The molecule has 0 bridgehead atoms. The van der Waals surface area contributed by atoms with Crippen LogP contribution in [0.4, 0.5) is 0 Å². The zero-order valence-electron chi connectivity index (χ0n) is 9.20. The van der Waals surface area contributed by atoms with Gasteiger partial charge in [0, 0.05) is 12.4 Å². The molecule has 0 aromatic carbocycles. The Morgan fingerprint density at radius 3 is 2.36 bits per heavy atom. The lowest BCUT2D eigenvalue weighted by molar-refractivity contribution is 0.147. The summed E-state index contributed by atoms with van der Waals surface area (Å²) < 4.78 is 0.